The van der Waals surface area contributed by atoms with Crippen molar-refractivity contribution < 1.29 is 23.5 Å². The second kappa shape index (κ2) is 7.14. The van der Waals surface area contributed by atoms with E-state index in [1.54, 1.807) is 7.11 Å². The molecule has 1 aromatic carbocycles. The van der Waals surface area contributed by atoms with Gasteiger partial charge in [-0.1, -0.05) is 5.16 Å². The third-order valence-corrected chi connectivity index (χ3v) is 4.34. The van der Waals surface area contributed by atoms with E-state index in [4.69, 9.17) is 18.7 Å². The summed E-state index contributed by atoms with van der Waals surface area (Å²) in [6.45, 7) is 0.944. The number of benzene rings is 1. The van der Waals surface area contributed by atoms with Gasteiger partial charge < -0.3 is 18.7 Å². The Morgan fingerprint density at radius 2 is 2.17 bits per heavy atom. The molecule has 1 unspecified atom stereocenters. The third kappa shape index (κ3) is 3.56. The summed E-state index contributed by atoms with van der Waals surface area (Å²) < 4.78 is 21.4. The smallest absolute Gasteiger partial charge is 0.378 e. The normalized spacial score (nSPS) is 17.2. The maximum Gasteiger partial charge on any atom is 0.378 e. The number of esters is 1. The highest BCUT2D eigenvalue weighted by atomic mass is 79.9. The maximum absolute atomic E-state index is 12.1. The number of hydrogen-bond acceptors (Lipinski definition) is 6. The van der Waals surface area contributed by atoms with E-state index in [1.165, 1.54) is 0 Å². The summed E-state index contributed by atoms with van der Waals surface area (Å²) in [6, 6.07) is 7.30. The van der Waals surface area contributed by atoms with Crippen LogP contribution in [0.1, 0.15) is 23.4 Å². The number of aromatic nitrogens is 1. The predicted octanol–water partition coefficient (Wildman–Crippen LogP) is 3.45. The lowest BCUT2D eigenvalue weighted by molar-refractivity contribution is 0.0129. The number of ether oxygens (including phenoxy) is 3. The third-order valence-electron chi connectivity index (χ3n) is 3.61. The second-order valence-electron chi connectivity index (χ2n) is 5.14. The summed E-state index contributed by atoms with van der Waals surface area (Å²) in [5.41, 5.74) is 1.34. The number of rotatable bonds is 5. The van der Waals surface area contributed by atoms with Crippen LogP contribution in [0.2, 0.25) is 0 Å². The van der Waals surface area contributed by atoms with Crippen LogP contribution in [0.15, 0.2) is 33.3 Å². The van der Waals surface area contributed by atoms with Crippen LogP contribution >= 0.6 is 15.9 Å². The van der Waals surface area contributed by atoms with Crippen molar-refractivity contribution in [1.29, 1.82) is 0 Å². The molecule has 0 amide bonds. The first kappa shape index (κ1) is 16.0. The van der Waals surface area contributed by atoms with Crippen LogP contribution in [0.5, 0.6) is 5.75 Å². The molecular weight excluding hydrogens is 366 g/mol. The van der Waals surface area contributed by atoms with E-state index in [0.29, 0.717) is 10.2 Å². The standard InChI is InChI=1S/C16H16BrNO5/c1-20-11-6-4-10(5-7-11)14-13(17)15(23-18-14)16(19)22-9-12-3-2-8-21-12/h4-7,12H,2-3,8-9H2,1H3. The van der Waals surface area contributed by atoms with E-state index in [2.05, 4.69) is 21.1 Å². The average Bonchev–Trinajstić information content (AvgIpc) is 3.22. The van der Waals surface area contributed by atoms with Crippen LogP contribution in [0, 0.1) is 0 Å². The van der Waals surface area contributed by atoms with E-state index in [1.807, 2.05) is 24.3 Å². The Bertz CT molecular complexity index is 676. The molecular formula is C16H16BrNO5. The van der Waals surface area contributed by atoms with Crippen molar-refractivity contribution in [3.8, 4) is 17.0 Å². The van der Waals surface area contributed by atoms with Crippen molar-refractivity contribution in [2.45, 2.75) is 18.9 Å². The van der Waals surface area contributed by atoms with Gasteiger partial charge >= 0.3 is 5.97 Å². The van der Waals surface area contributed by atoms with Gasteiger partial charge in [0, 0.05) is 12.2 Å². The van der Waals surface area contributed by atoms with E-state index < -0.39 is 5.97 Å². The van der Waals surface area contributed by atoms with Gasteiger partial charge in [0.05, 0.1) is 13.2 Å². The molecule has 0 N–H and O–H groups in total. The molecule has 0 saturated carbocycles. The van der Waals surface area contributed by atoms with Crippen molar-refractivity contribution in [3.63, 3.8) is 0 Å². The van der Waals surface area contributed by atoms with Crippen molar-refractivity contribution >= 4 is 21.9 Å². The fourth-order valence-electron chi connectivity index (χ4n) is 2.34. The number of halogens is 1. The number of carbonyl (C=O) groups is 1. The van der Waals surface area contributed by atoms with Gasteiger partial charge in [0.2, 0.25) is 0 Å². The van der Waals surface area contributed by atoms with Crippen molar-refractivity contribution in [3.05, 3.63) is 34.5 Å². The quantitative estimate of drug-likeness (QED) is 0.738. The number of carbonyl (C=O) groups excluding carboxylic acids is 1. The monoisotopic (exact) mass is 381 g/mol. The lowest BCUT2D eigenvalue weighted by Crippen LogP contribution is -2.17. The molecule has 1 atom stereocenters. The van der Waals surface area contributed by atoms with Gasteiger partial charge in [0.25, 0.3) is 5.76 Å². The number of nitrogens with zero attached hydrogens (tertiary/aromatic N) is 1. The van der Waals surface area contributed by atoms with Crippen LogP contribution in [-0.2, 0) is 9.47 Å². The average molecular weight is 382 g/mol. The summed E-state index contributed by atoms with van der Waals surface area (Å²) in [4.78, 5) is 12.1. The van der Waals surface area contributed by atoms with Crippen LogP contribution in [0.25, 0.3) is 11.3 Å². The van der Waals surface area contributed by atoms with Crippen molar-refractivity contribution in [1.82, 2.24) is 5.16 Å². The molecule has 1 aliphatic heterocycles. The van der Waals surface area contributed by atoms with Gasteiger partial charge in [0.1, 0.15) is 22.5 Å². The molecule has 2 aromatic rings. The molecule has 0 spiro atoms. The van der Waals surface area contributed by atoms with Gasteiger partial charge in [-0.05, 0) is 53.0 Å². The Labute approximate surface area is 141 Å². The Morgan fingerprint density at radius 3 is 2.83 bits per heavy atom. The topological polar surface area (TPSA) is 70.8 Å². The first-order chi connectivity index (χ1) is 11.2. The highest BCUT2D eigenvalue weighted by Crippen LogP contribution is 2.31. The Balaban J connectivity index is 1.71. The minimum Gasteiger partial charge on any atom is -0.497 e. The zero-order valence-corrected chi connectivity index (χ0v) is 14.2. The van der Waals surface area contributed by atoms with Gasteiger partial charge in [0.15, 0.2) is 0 Å². The van der Waals surface area contributed by atoms with E-state index >= 15 is 0 Å². The van der Waals surface area contributed by atoms with Crippen molar-refractivity contribution in [2.75, 3.05) is 20.3 Å². The highest BCUT2D eigenvalue weighted by molar-refractivity contribution is 9.10. The fourth-order valence-corrected chi connectivity index (χ4v) is 2.88. The van der Waals surface area contributed by atoms with Crippen LogP contribution in [-0.4, -0.2) is 37.6 Å². The van der Waals surface area contributed by atoms with Gasteiger partial charge in [-0.15, -0.1) is 0 Å². The van der Waals surface area contributed by atoms with Crippen LogP contribution in [0.4, 0.5) is 0 Å². The minimum absolute atomic E-state index is 0.0262. The summed E-state index contributed by atoms with van der Waals surface area (Å²) >= 11 is 3.36. The summed E-state index contributed by atoms with van der Waals surface area (Å²) in [6.07, 6.45) is 1.87. The van der Waals surface area contributed by atoms with E-state index in [-0.39, 0.29) is 18.5 Å². The molecule has 0 radical (unpaired) electrons. The number of hydrogen-bond donors (Lipinski definition) is 0. The zero-order valence-electron chi connectivity index (χ0n) is 12.6. The lowest BCUT2D eigenvalue weighted by atomic mass is 10.1. The van der Waals surface area contributed by atoms with E-state index in [9.17, 15) is 4.79 Å². The van der Waals surface area contributed by atoms with Gasteiger partial charge in [-0.25, -0.2) is 4.79 Å². The molecule has 7 heteroatoms. The summed E-state index contributed by atoms with van der Waals surface area (Å²) in [7, 11) is 1.60. The molecule has 0 bridgehead atoms. The Morgan fingerprint density at radius 1 is 1.39 bits per heavy atom. The van der Waals surface area contributed by atoms with Crippen LogP contribution in [0.3, 0.4) is 0 Å². The molecule has 1 aliphatic rings. The molecule has 1 saturated heterocycles. The second-order valence-corrected chi connectivity index (χ2v) is 5.93. The number of methoxy groups -OCH3 is 1. The predicted molar refractivity (Wildman–Crippen MR) is 85.4 cm³/mol. The molecule has 3 rings (SSSR count). The van der Waals surface area contributed by atoms with Crippen LogP contribution < -0.4 is 4.74 Å². The largest absolute Gasteiger partial charge is 0.497 e. The Hall–Kier alpha value is -1.86. The van der Waals surface area contributed by atoms with E-state index in [0.717, 1.165) is 30.8 Å². The lowest BCUT2D eigenvalue weighted by Gasteiger charge is -2.08. The molecule has 1 fully saturated rings. The fraction of sp³-hybridized carbons (Fsp3) is 0.375. The maximum atomic E-state index is 12.1. The first-order valence-corrected chi connectivity index (χ1v) is 8.06. The molecule has 6 nitrogen and oxygen atoms in total. The van der Waals surface area contributed by atoms with Gasteiger partial charge in [-0.3, -0.25) is 0 Å². The molecule has 1 aromatic heterocycles. The molecule has 2 heterocycles. The molecule has 122 valence electrons. The van der Waals surface area contributed by atoms with Crippen molar-refractivity contribution in [2.24, 2.45) is 0 Å². The molecule has 23 heavy (non-hydrogen) atoms. The highest BCUT2D eigenvalue weighted by Gasteiger charge is 2.25. The zero-order chi connectivity index (χ0) is 16.2. The first-order valence-electron chi connectivity index (χ1n) is 7.27. The minimum atomic E-state index is -0.556. The Kier molecular flexibility index (Phi) is 4.97. The van der Waals surface area contributed by atoms with Gasteiger partial charge in [-0.2, -0.15) is 0 Å². The summed E-state index contributed by atoms with van der Waals surface area (Å²) in [5, 5.41) is 3.95. The summed E-state index contributed by atoms with van der Waals surface area (Å²) in [5.74, 6) is 0.234. The molecule has 0 aliphatic carbocycles. The SMILES string of the molecule is COc1ccc(-c2noc(C(=O)OCC3CCCO3)c2Br)cc1.